The Balaban J connectivity index is 1.74. The molecule has 1 amide bonds. The molecular formula is C27H34FN5O. The van der Waals surface area contributed by atoms with E-state index in [0.29, 0.717) is 24.3 Å². The molecule has 3 aromatic rings. The Labute approximate surface area is 201 Å². The van der Waals surface area contributed by atoms with E-state index in [1.54, 1.807) is 6.07 Å². The number of halogens is 1. The van der Waals surface area contributed by atoms with Crippen molar-refractivity contribution in [2.45, 2.75) is 33.7 Å². The largest absolute Gasteiger partial charge is 0.354 e. The predicted molar refractivity (Wildman–Crippen MR) is 134 cm³/mol. The van der Waals surface area contributed by atoms with Crippen LogP contribution in [0.4, 0.5) is 10.2 Å². The molecule has 6 nitrogen and oxygen atoms in total. The number of piperazine rings is 1. The topological polar surface area (TPSA) is 44.6 Å². The normalized spacial score (nSPS) is 14.4. The summed E-state index contributed by atoms with van der Waals surface area (Å²) in [5, 5.41) is 4.83. The van der Waals surface area contributed by atoms with Gasteiger partial charge in [-0.2, -0.15) is 5.10 Å². The van der Waals surface area contributed by atoms with Crippen LogP contribution < -0.4 is 4.90 Å². The van der Waals surface area contributed by atoms with Gasteiger partial charge in [0.1, 0.15) is 11.6 Å². The highest BCUT2D eigenvalue weighted by molar-refractivity contribution is 5.94. The van der Waals surface area contributed by atoms with Crippen molar-refractivity contribution in [3.63, 3.8) is 0 Å². The summed E-state index contributed by atoms with van der Waals surface area (Å²) in [5.74, 6) is 0.678. The molecule has 1 fully saturated rings. The van der Waals surface area contributed by atoms with Gasteiger partial charge >= 0.3 is 0 Å². The lowest BCUT2D eigenvalue weighted by Gasteiger charge is -2.35. The van der Waals surface area contributed by atoms with E-state index in [2.05, 4.69) is 23.8 Å². The fourth-order valence-corrected chi connectivity index (χ4v) is 4.46. The second kappa shape index (κ2) is 10.4. The van der Waals surface area contributed by atoms with Crippen molar-refractivity contribution in [3.8, 4) is 5.69 Å². The first kappa shape index (κ1) is 24.0. The highest BCUT2D eigenvalue weighted by Gasteiger charge is 2.27. The lowest BCUT2D eigenvalue weighted by Crippen LogP contribution is -2.45. The number of carbonyl (C=O) groups is 1. The van der Waals surface area contributed by atoms with Crippen LogP contribution in [0.3, 0.4) is 0 Å². The summed E-state index contributed by atoms with van der Waals surface area (Å²) in [4.78, 5) is 20.0. The first-order chi connectivity index (χ1) is 16.4. The van der Waals surface area contributed by atoms with Crippen molar-refractivity contribution in [2.24, 2.45) is 0 Å². The smallest absolute Gasteiger partial charge is 0.254 e. The van der Waals surface area contributed by atoms with Crippen molar-refractivity contribution in [2.75, 3.05) is 44.7 Å². The third-order valence-electron chi connectivity index (χ3n) is 6.44. The predicted octanol–water partition coefficient (Wildman–Crippen LogP) is 4.43. The van der Waals surface area contributed by atoms with Gasteiger partial charge in [-0.15, -0.1) is 0 Å². The average Bonchev–Trinajstić information content (AvgIpc) is 3.15. The number of carbonyl (C=O) groups excluding carboxylic acids is 1. The Hall–Kier alpha value is -3.19. The summed E-state index contributed by atoms with van der Waals surface area (Å²) in [5.41, 5.74) is 4.38. The first-order valence-corrected chi connectivity index (χ1v) is 12.0. The number of nitrogens with zero attached hydrogens (tertiary/aromatic N) is 5. The van der Waals surface area contributed by atoms with Gasteiger partial charge in [0.15, 0.2) is 0 Å². The molecule has 2 aromatic carbocycles. The number of benzene rings is 2. The van der Waals surface area contributed by atoms with Crippen molar-refractivity contribution in [1.29, 1.82) is 0 Å². The molecule has 1 aliphatic rings. The fraction of sp³-hybridized carbons (Fsp3) is 0.407. The minimum absolute atomic E-state index is 0.0177. The Morgan fingerprint density at radius 2 is 1.76 bits per heavy atom. The Morgan fingerprint density at radius 1 is 1.06 bits per heavy atom. The van der Waals surface area contributed by atoms with Gasteiger partial charge in [-0.25, -0.2) is 9.07 Å². The maximum absolute atomic E-state index is 14.1. The van der Waals surface area contributed by atoms with Crippen LogP contribution in [0.1, 0.15) is 40.5 Å². The number of aryl methyl sites for hydroxylation is 2. The van der Waals surface area contributed by atoms with E-state index in [0.717, 1.165) is 55.2 Å². The second-order valence-corrected chi connectivity index (χ2v) is 9.16. The average molecular weight is 464 g/mol. The lowest BCUT2D eigenvalue weighted by atomic mass is 10.1. The summed E-state index contributed by atoms with van der Waals surface area (Å²) in [7, 11) is 2.12. The summed E-state index contributed by atoms with van der Waals surface area (Å²) < 4.78 is 16.0. The summed E-state index contributed by atoms with van der Waals surface area (Å²) in [6.07, 6.45) is 0.860. The zero-order chi connectivity index (χ0) is 24.2. The Kier molecular flexibility index (Phi) is 7.32. The number of aromatic nitrogens is 2. The van der Waals surface area contributed by atoms with Crippen LogP contribution in [0.5, 0.6) is 0 Å². The second-order valence-electron chi connectivity index (χ2n) is 9.16. The molecule has 0 atom stereocenters. The van der Waals surface area contributed by atoms with Crippen LogP contribution in [0.15, 0.2) is 48.5 Å². The van der Waals surface area contributed by atoms with Crippen molar-refractivity contribution in [3.05, 3.63) is 76.7 Å². The van der Waals surface area contributed by atoms with Crippen LogP contribution in [0.25, 0.3) is 5.69 Å². The summed E-state index contributed by atoms with van der Waals surface area (Å²) in [6, 6.07) is 14.3. The highest BCUT2D eigenvalue weighted by atomic mass is 19.1. The van der Waals surface area contributed by atoms with E-state index in [4.69, 9.17) is 5.10 Å². The van der Waals surface area contributed by atoms with Gasteiger partial charge in [-0.3, -0.25) is 4.79 Å². The summed E-state index contributed by atoms with van der Waals surface area (Å²) in [6.45, 7) is 10.8. The molecular weight excluding hydrogens is 429 g/mol. The number of hydrogen-bond acceptors (Lipinski definition) is 4. The molecule has 0 unspecified atom stereocenters. The molecule has 2 heterocycles. The molecule has 0 bridgehead atoms. The zero-order valence-electron chi connectivity index (χ0n) is 20.6. The van der Waals surface area contributed by atoms with Crippen LogP contribution in [-0.2, 0) is 6.54 Å². The molecule has 0 saturated carbocycles. The van der Waals surface area contributed by atoms with Crippen LogP contribution in [0, 0.1) is 19.7 Å². The van der Waals surface area contributed by atoms with E-state index in [9.17, 15) is 9.18 Å². The molecule has 0 N–H and O–H groups in total. The van der Waals surface area contributed by atoms with Gasteiger partial charge in [0.25, 0.3) is 5.91 Å². The minimum atomic E-state index is -0.293. The van der Waals surface area contributed by atoms with Crippen LogP contribution in [0.2, 0.25) is 0 Å². The van der Waals surface area contributed by atoms with Crippen LogP contribution >= 0.6 is 0 Å². The molecule has 180 valence electrons. The summed E-state index contributed by atoms with van der Waals surface area (Å²) >= 11 is 0. The highest BCUT2D eigenvalue weighted by Crippen LogP contribution is 2.30. The number of likely N-dealkylation sites (N-methyl/N-ethyl adjacent to an activating group) is 1. The third kappa shape index (κ3) is 5.14. The molecule has 34 heavy (non-hydrogen) atoms. The van der Waals surface area contributed by atoms with Gasteiger partial charge in [0.2, 0.25) is 0 Å². The van der Waals surface area contributed by atoms with Crippen LogP contribution in [-0.4, -0.2) is 65.3 Å². The minimum Gasteiger partial charge on any atom is -0.354 e. The third-order valence-corrected chi connectivity index (χ3v) is 6.44. The molecule has 1 saturated heterocycles. The van der Waals surface area contributed by atoms with E-state index >= 15 is 0 Å². The monoisotopic (exact) mass is 463 g/mol. The fourth-order valence-electron chi connectivity index (χ4n) is 4.46. The van der Waals surface area contributed by atoms with Gasteiger partial charge in [-0.05, 0) is 57.6 Å². The molecule has 0 radical (unpaired) electrons. The van der Waals surface area contributed by atoms with Gasteiger partial charge < -0.3 is 14.7 Å². The Morgan fingerprint density at radius 3 is 2.41 bits per heavy atom. The number of amides is 1. The first-order valence-electron chi connectivity index (χ1n) is 12.0. The molecule has 0 aliphatic carbocycles. The molecule has 7 heteroatoms. The van der Waals surface area contributed by atoms with Crippen molar-refractivity contribution < 1.29 is 9.18 Å². The standard InChI is InChI=1S/C27H34FN5O/c1-5-13-32(27(34)22-11-9-20(2)10-12-22)19-25-21(3)29-33(24-8-6-7-23(28)18-24)26(25)31-16-14-30(4)15-17-31/h6-12,18H,5,13-17,19H2,1-4H3. The van der Waals surface area contributed by atoms with E-state index in [1.165, 1.54) is 12.1 Å². The quantitative estimate of drug-likeness (QED) is 0.520. The SMILES string of the molecule is CCCN(Cc1c(C)nn(-c2cccc(F)c2)c1N1CCN(C)CC1)C(=O)c1ccc(C)cc1. The van der Waals surface area contributed by atoms with E-state index in [-0.39, 0.29) is 11.7 Å². The van der Waals surface area contributed by atoms with Crippen molar-refractivity contribution in [1.82, 2.24) is 19.6 Å². The van der Waals surface area contributed by atoms with E-state index in [1.807, 2.05) is 53.8 Å². The zero-order valence-corrected chi connectivity index (χ0v) is 20.6. The van der Waals surface area contributed by atoms with Gasteiger partial charge in [-0.1, -0.05) is 30.7 Å². The lowest BCUT2D eigenvalue weighted by molar-refractivity contribution is 0.0743. The number of anilines is 1. The molecule has 4 rings (SSSR count). The molecule has 1 aromatic heterocycles. The maximum Gasteiger partial charge on any atom is 0.254 e. The van der Waals surface area contributed by atoms with Crippen molar-refractivity contribution >= 4 is 11.7 Å². The molecule has 0 spiro atoms. The van der Waals surface area contributed by atoms with Gasteiger partial charge in [0, 0.05) is 43.9 Å². The Bertz CT molecular complexity index is 1130. The van der Waals surface area contributed by atoms with E-state index < -0.39 is 0 Å². The number of hydrogen-bond donors (Lipinski definition) is 0. The molecule has 1 aliphatic heterocycles. The van der Waals surface area contributed by atoms with Gasteiger partial charge in [0.05, 0.1) is 17.9 Å². The maximum atomic E-state index is 14.1. The number of rotatable bonds is 7.